The van der Waals surface area contributed by atoms with Gasteiger partial charge in [0.2, 0.25) is 0 Å². The van der Waals surface area contributed by atoms with Crippen molar-refractivity contribution in [3.8, 4) is 6.07 Å². The van der Waals surface area contributed by atoms with Crippen LogP contribution < -0.4 is 5.32 Å². The Labute approximate surface area is 111 Å². The van der Waals surface area contributed by atoms with Crippen LogP contribution in [0.4, 0.5) is 5.69 Å². The highest BCUT2D eigenvalue weighted by molar-refractivity contribution is 5.95. The summed E-state index contributed by atoms with van der Waals surface area (Å²) in [6, 6.07) is 8.51. The van der Waals surface area contributed by atoms with Gasteiger partial charge in [-0.25, -0.2) is 4.79 Å². The quantitative estimate of drug-likeness (QED) is 0.379. The van der Waals surface area contributed by atoms with Crippen molar-refractivity contribution in [1.29, 1.82) is 5.26 Å². The molecule has 0 fully saturated rings. The van der Waals surface area contributed by atoms with Crippen LogP contribution in [0, 0.1) is 11.3 Å². The number of nitrogens with zero attached hydrogens (tertiary/aromatic N) is 1. The second kappa shape index (κ2) is 6.97. The van der Waals surface area contributed by atoms with Crippen LogP contribution in [0.3, 0.4) is 0 Å². The second-order valence-electron chi connectivity index (χ2n) is 3.67. The monoisotopic (exact) mass is 258 g/mol. The molecule has 0 amide bonds. The molecule has 5 nitrogen and oxygen atoms in total. The average Bonchev–Trinajstić information content (AvgIpc) is 2.40. The summed E-state index contributed by atoms with van der Waals surface area (Å²) < 4.78 is 4.72. The molecule has 0 aliphatic rings. The van der Waals surface area contributed by atoms with Crippen molar-refractivity contribution in [2.45, 2.75) is 13.8 Å². The van der Waals surface area contributed by atoms with Gasteiger partial charge in [-0.15, -0.1) is 0 Å². The van der Waals surface area contributed by atoms with E-state index in [1.54, 1.807) is 37.3 Å². The number of Topliss-reactive ketones (excluding diaryl/α,β-unsaturated/α-hetero) is 1. The van der Waals surface area contributed by atoms with Gasteiger partial charge in [-0.2, -0.15) is 5.26 Å². The predicted molar refractivity (Wildman–Crippen MR) is 70.4 cm³/mol. The van der Waals surface area contributed by atoms with Gasteiger partial charge < -0.3 is 10.1 Å². The second-order valence-corrected chi connectivity index (χ2v) is 3.67. The van der Waals surface area contributed by atoms with Gasteiger partial charge in [-0.05, 0) is 26.0 Å². The fourth-order valence-corrected chi connectivity index (χ4v) is 1.33. The van der Waals surface area contributed by atoms with Gasteiger partial charge in [0.25, 0.3) is 0 Å². The molecule has 0 aliphatic heterocycles. The maximum atomic E-state index is 11.4. The lowest BCUT2D eigenvalue weighted by Gasteiger charge is -2.04. The predicted octanol–water partition coefficient (Wildman–Crippen LogP) is 2.27. The minimum Gasteiger partial charge on any atom is -0.462 e. The number of rotatable bonds is 5. The van der Waals surface area contributed by atoms with Crippen LogP contribution in [0.2, 0.25) is 0 Å². The Hall–Kier alpha value is -2.61. The Morgan fingerprint density at radius 3 is 2.79 bits per heavy atom. The molecular weight excluding hydrogens is 244 g/mol. The van der Waals surface area contributed by atoms with Crippen LogP contribution in [0.5, 0.6) is 0 Å². The first-order valence-corrected chi connectivity index (χ1v) is 5.73. The molecule has 5 heteroatoms. The normalized spacial score (nSPS) is 10.5. The summed E-state index contributed by atoms with van der Waals surface area (Å²) in [6.07, 6.45) is 1.26. The highest BCUT2D eigenvalue weighted by Gasteiger charge is 2.09. The van der Waals surface area contributed by atoms with E-state index in [0.717, 1.165) is 0 Å². The topological polar surface area (TPSA) is 79.2 Å². The van der Waals surface area contributed by atoms with E-state index in [0.29, 0.717) is 11.3 Å². The largest absolute Gasteiger partial charge is 0.462 e. The molecule has 1 rings (SSSR count). The van der Waals surface area contributed by atoms with E-state index in [2.05, 4.69) is 5.32 Å². The van der Waals surface area contributed by atoms with Crippen LogP contribution >= 0.6 is 0 Å². The Morgan fingerprint density at radius 2 is 2.21 bits per heavy atom. The fraction of sp³-hybridized carbons (Fsp3) is 0.214. The standard InChI is InChI=1S/C14H14N2O3/c1-3-19-14(18)12(8-15)9-16-13-6-4-5-11(7-13)10(2)17/h4-7,9,16H,3H2,1-2H3/b12-9-. The van der Waals surface area contributed by atoms with E-state index in [-0.39, 0.29) is 18.0 Å². The summed E-state index contributed by atoms with van der Waals surface area (Å²) in [6.45, 7) is 3.34. The van der Waals surface area contributed by atoms with Crippen molar-refractivity contribution < 1.29 is 14.3 Å². The maximum Gasteiger partial charge on any atom is 0.350 e. The van der Waals surface area contributed by atoms with E-state index in [1.807, 2.05) is 0 Å². The van der Waals surface area contributed by atoms with E-state index in [1.165, 1.54) is 13.1 Å². The van der Waals surface area contributed by atoms with Crippen LogP contribution in [-0.2, 0) is 9.53 Å². The molecule has 0 saturated heterocycles. The van der Waals surface area contributed by atoms with Crippen molar-refractivity contribution >= 4 is 17.4 Å². The zero-order valence-electron chi connectivity index (χ0n) is 10.8. The number of esters is 1. The third-order valence-electron chi connectivity index (χ3n) is 2.27. The lowest BCUT2D eigenvalue weighted by atomic mass is 10.1. The Morgan fingerprint density at radius 1 is 1.47 bits per heavy atom. The number of benzene rings is 1. The SMILES string of the molecule is CCOC(=O)/C(C#N)=C\Nc1cccc(C(C)=O)c1. The first-order valence-electron chi connectivity index (χ1n) is 5.73. The number of ketones is 1. The van der Waals surface area contributed by atoms with Crippen molar-refractivity contribution in [3.63, 3.8) is 0 Å². The van der Waals surface area contributed by atoms with E-state index >= 15 is 0 Å². The summed E-state index contributed by atoms with van der Waals surface area (Å²) in [5, 5.41) is 11.6. The van der Waals surface area contributed by atoms with E-state index in [9.17, 15) is 9.59 Å². The van der Waals surface area contributed by atoms with Crippen molar-refractivity contribution in [2.24, 2.45) is 0 Å². The number of hydrogen-bond donors (Lipinski definition) is 1. The fourth-order valence-electron chi connectivity index (χ4n) is 1.33. The molecule has 0 aromatic heterocycles. The summed E-state index contributed by atoms with van der Waals surface area (Å²) in [5.74, 6) is -0.737. The average molecular weight is 258 g/mol. The van der Waals surface area contributed by atoms with Crippen LogP contribution in [-0.4, -0.2) is 18.4 Å². The molecule has 1 N–H and O–H groups in total. The molecule has 0 saturated carbocycles. The number of anilines is 1. The first-order chi connectivity index (χ1) is 9.08. The van der Waals surface area contributed by atoms with Gasteiger partial charge in [0, 0.05) is 17.5 Å². The lowest BCUT2D eigenvalue weighted by molar-refractivity contribution is -0.138. The lowest BCUT2D eigenvalue weighted by Crippen LogP contribution is -2.08. The molecule has 0 bridgehead atoms. The van der Waals surface area contributed by atoms with E-state index in [4.69, 9.17) is 10.00 Å². The molecule has 0 heterocycles. The van der Waals surface area contributed by atoms with Gasteiger partial charge in [0.15, 0.2) is 11.4 Å². The van der Waals surface area contributed by atoms with Gasteiger partial charge in [-0.1, -0.05) is 12.1 Å². The van der Waals surface area contributed by atoms with Crippen LogP contribution in [0.1, 0.15) is 24.2 Å². The smallest absolute Gasteiger partial charge is 0.350 e. The van der Waals surface area contributed by atoms with Crippen LogP contribution in [0.15, 0.2) is 36.0 Å². The maximum absolute atomic E-state index is 11.4. The number of nitrogens with one attached hydrogen (secondary N) is 1. The molecule has 0 radical (unpaired) electrons. The molecule has 98 valence electrons. The molecule has 0 atom stereocenters. The van der Waals surface area contributed by atoms with E-state index < -0.39 is 5.97 Å². The number of hydrogen-bond acceptors (Lipinski definition) is 5. The third-order valence-corrected chi connectivity index (χ3v) is 2.27. The molecule has 19 heavy (non-hydrogen) atoms. The summed E-state index contributed by atoms with van der Waals surface area (Å²) in [7, 11) is 0. The highest BCUT2D eigenvalue weighted by Crippen LogP contribution is 2.11. The van der Waals surface area contributed by atoms with Gasteiger partial charge in [0.1, 0.15) is 6.07 Å². The van der Waals surface area contributed by atoms with Crippen molar-refractivity contribution in [1.82, 2.24) is 0 Å². The number of carbonyl (C=O) groups is 2. The summed E-state index contributed by atoms with van der Waals surface area (Å²) in [4.78, 5) is 22.6. The Balaban J connectivity index is 2.84. The molecule has 1 aromatic carbocycles. The van der Waals surface area contributed by atoms with Crippen LogP contribution in [0.25, 0.3) is 0 Å². The first kappa shape index (κ1) is 14.5. The zero-order valence-corrected chi connectivity index (χ0v) is 10.8. The zero-order chi connectivity index (χ0) is 14.3. The molecule has 0 spiro atoms. The number of ether oxygens (including phenoxy) is 1. The molecule has 0 unspecified atom stereocenters. The number of nitriles is 1. The van der Waals surface area contributed by atoms with Crippen molar-refractivity contribution in [2.75, 3.05) is 11.9 Å². The molecular formula is C14H14N2O3. The third kappa shape index (κ3) is 4.28. The molecule has 0 aliphatic carbocycles. The van der Waals surface area contributed by atoms with Gasteiger partial charge in [-0.3, -0.25) is 4.79 Å². The minimum atomic E-state index is -0.680. The number of carbonyl (C=O) groups excluding carboxylic acids is 2. The summed E-state index contributed by atoms with van der Waals surface area (Å²) in [5.41, 5.74) is 1.04. The minimum absolute atomic E-state index is 0.0569. The Kier molecular flexibility index (Phi) is 5.30. The summed E-state index contributed by atoms with van der Waals surface area (Å²) >= 11 is 0. The highest BCUT2D eigenvalue weighted by atomic mass is 16.5. The molecule has 1 aromatic rings. The van der Waals surface area contributed by atoms with Gasteiger partial charge in [0.05, 0.1) is 6.61 Å². The van der Waals surface area contributed by atoms with Gasteiger partial charge >= 0.3 is 5.97 Å². The van der Waals surface area contributed by atoms with Crippen molar-refractivity contribution in [3.05, 3.63) is 41.6 Å². The Bertz CT molecular complexity index is 556.